The van der Waals surface area contributed by atoms with Gasteiger partial charge in [-0.3, -0.25) is 4.98 Å². The maximum absolute atomic E-state index is 10.5. The molecule has 0 aliphatic heterocycles. The summed E-state index contributed by atoms with van der Waals surface area (Å²) < 4.78 is 0. The maximum atomic E-state index is 10.5. The second-order valence-corrected chi connectivity index (χ2v) is 2.29. The zero-order valence-corrected chi connectivity index (χ0v) is 7.01. The zero-order valence-electron chi connectivity index (χ0n) is 7.01. The third kappa shape index (κ3) is 2.19. The number of pyridine rings is 1. The first-order chi connectivity index (χ1) is 5.70. The molecule has 0 aliphatic carbocycles. The fraction of sp³-hybridized carbons (Fsp3) is 0.286. The standard InChI is InChI=1S/C7H10N4O/c1-10(9-11(2)12)7-4-3-5-8-6-7/h3-6H,1-2H3. The van der Waals surface area contributed by atoms with E-state index in [1.807, 2.05) is 6.07 Å². The molecule has 1 heterocycles. The van der Waals surface area contributed by atoms with Crippen molar-refractivity contribution >= 4 is 5.69 Å². The highest BCUT2D eigenvalue weighted by Gasteiger charge is 2.03. The Hall–Kier alpha value is -1.65. The molecule has 0 saturated carbocycles. The maximum Gasteiger partial charge on any atom is 0.167 e. The Kier molecular flexibility index (Phi) is 2.57. The van der Waals surface area contributed by atoms with E-state index in [9.17, 15) is 5.21 Å². The number of anilines is 1. The van der Waals surface area contributed by atoms with Crippen molar-refractivity contribution in [3.8, 4) is 0 Å². The molecule has 1 aromatic heterocycles. The predicted molar refractivity (Wildman–Crippen MR) is 44.6 cm³/mol. The van der Waals surface area contributed by atoms with E-state index < -0.39 is 0 Å². The van der Waals surface area contributed by atoms with Crippen molar-refractivity contribution in [1.82, 2.24) is 4.98 Å². The number of hydrogen-bond acceptors (Lipinski definition) is 3. The second kappa shape index (κ2) is 3.66. The van der Waals surface area contributed by atoms with E-state index >= 15 is 0 Å². The smallest absolute Gasteiger partial charge is 0.167 e. The van der Waals surface area contributed by atoms with Gasteiger partial charge in [0.15, 0.2) is 5.69 Å². The summed E-state index contributed by atoms with van der Waals surface area (Å²) in [6.45, 7) is 0. The minimum atomic E-state index is 0.493. The Bertz CT molecular complexity index is 268. The molecule has 0 bridgehead atoms. The summed E-state index contributed by atoms with van der Waals surface area (Å²) in [6.07, 6.45) is 3.30. The molecule has 1 rings (SSSR count). The quantitative estimate of drug-likeness (QED) is 0.374. The fourth-order valence-electron chi connectivity index (χ4n) is 0.786. The highest BCUT2D eigenvalue weighted by molar-refractivity contribution is 5.40. The minimum Gasteiger partial charge on any atom is -0.696 e. The van der Waals surface area contributed by atoms with Crippen LogP contribution in [0.2, 0.25) is 0 Å². The number of nitrogens with zero attached hydrogens (tertiary/aromatic N) is 4. The average molecular weight is 166 g/mol. The molecule has 0 N–H and O–H groups in total. The van der Waals surface area contributed by atoms with Crippen LogP contribution in [-0.4, -0.2) is 23.9 Å². The number of hydrogen-bond donors (Lipinski definition) is 0. The molecule has 64 valence electrons. The third-order valence-corrected chi connectivity index (χ3v) is 1.28. The molecule has 5 nitrogen and oxygen atoms in total. The molecule has 0 radical (unpaired) electrons. The van der Waals surface area contributed by atoms with Crippen molar-refractivity contribution in [1.29, 1.82) is 0 Å². The number of aromatic nitrogens is 1. The van der Waals surface area contributed by atoms with Crippen LogP contribution in [0.4, 0.5) is 5.69 Å². The summed E-state index contributed by atoms with van der Waals surface area (Å²) in [7, 11) is 3.01. The van der Waals surface area contributed by atoms with Crippen LogP contribution in [0.25, 0.3) is 0 Å². The summed E-state index contributed by atoms with van der Waals surface area (Å²) in [4.78, 5) is 4.38. The Balaban J connectivity index is 2.79. The molecule has 0 saturated heterocycles. The van der Waals surface area contributed by atoms with E-state index in [0.29, 0.717) is 4.86 Å². The van der Waals surface area contributed by atoms with Gasteiger partial charge in [0.05, 0.1) is 11.4 Å². The van der Waals surface area contributed by atoms with Crippen LogP contribution in [0.1, 0.15) is 0 Å². The van der Waals surface area contributed by atoms with Crippen LogP contribution < -0.4 is 5.01 Å². The molecule has 0 amide bonds. The van der Waals surface area contributed by atoms with Gasteiger partial charge in [0.1, 0.15) is 14.1 Å². The highest BCUT2D eigenvalue weighted by atomic mass is 16.5. The fourth-order valence-corrected chi connectivity index (χ4v) is 0.786. The third-order valence-electron chi connectivity index (χ3n) is 1.28. The van der Waals surface area contributed by atoms with Crippen molar-refractivity contribution in [3.05, 3.63) is 29.7 Å². The number of hydroxylamine groups is 1. The van der Waals surface area contributed by atoms with Crippen LogP contribution in [-0.2, 0) is 0 Å². The molecule has 0 spiro atoms. The van der Waals surface area contributed by atoms with Crippen molar-refractivity contribution in [2.45, 2.75) is 0 Å². The normalized spacial score (nSPS) is 11.3. The van der Waals surface area contributed by atoms with Crippen molar-refractivity contribution < 1.29 is 4.86 Å². The van der Waals surface area contributed by atoms with E-state index in [1.54, 1.807) is 25.5 Å². The van der Waals surface area contributed by atoms with Crippen LogP contribution >= 0.6 is 0 Å². The van der Waals surface area contributed by atoms with E-state index in [1.165, 1.54) is 12.1 Å². The van der Waals surface area contributed by atoms with Gasteiger partial charge in [0.25, 0.3) is 0 Å². The topological polar surface area (TPSA) is 54.6 Å². The molecule has 12 heavy (non-hydrogen) atoms. The first-order valence-electron chi connectivity index (χ1n) is 3.46. The molecule has 0 fully saturated rings. The van der Waals surface area contributed by atoms with Crippen molar-refractivity contribution in [3.63, 3.8) is 0 Å². The summed E-state index contributed by atoms with van der Waals surface area (Å²) in [5.41, 5.74) is 0.778. The van der Waals surface area contributed by atoms with Crippen LogP contribution in [0.3, 0.4) is 0 Å². The van der Waals surface area contributed by atoms with Gasteiger partial charge in [-0.25, -0.2) is 0 Å². The van der Waals surface area contributed by atoms with E-state index in [-0.39, 0.29) is 0 Å². The minimum absolute atomic E-state index is 0.493. The first kappa shape index (κ1) is 8.45. The Morgan fingerprint density at radius 3 is 2.92 bits per heavy atom. The van der Waals surface area contributed by atoms with Crippen LogP contribution in [0, 0.1) is 5.21 Å². The SMILES string of the molecule is CN(N=[N+](C)[O-])c1cccnc1. The molecule has 0 unspecified atom stereocenters. The van der Waals surface area contributed by atoms with Crippen LogP contribution in [0.15, 0.2) is 29.7 Å². The number of rotatable bonds is 2. The van der Waals surface area contributed by atoms with Crippen LogP contribution in [0.5, 0.6) is 0 Å². The molecular formula is C7H10N4O. The molecule has 0 aliphatic rings. The monoisotopic (exact) mass is 166 g/mol. The molecule has 5 heteroatoms. The molecule has 0 atom stereocenters. The van der Waals surface area contributed by atoms with Gasteiger partial charge >= 0.3 is 0 Å². The molecule has 0 aromatic carbocycles. The van der Waals surface area contributed by atoms with Gasteiger partial charge in [0.2, 0.25) is 0 Å². The Labute approximate surface area is 70.5 Å². The lowest BCUT2D eigenvalue weighted by molar-refractivity contribution is -0.500. The predicted octanol–water partition coefficient (Wildman–Crippen LogP) is 1.03. The van der Waals surface area contributed by atoms with Crippen molar-refractivity contribution in [2.75, 3.05) is 19.1 Å². The van der Waals surface area contributed by atoms with E-state index in [0.717, 1.165) is 5.69 Å². The second-order valence-electron chi connectivity index (χ2n) is 2.29. The van der Waals surface area contributed by atoms with E-state index in [2.05, 4.69) is 10.2 Å². The zero-order chi connectivity index (χ0) is 8.97. The summed E-state index contributed by atoms with van der Waals surface area (Å²) in [5.74, 6) is 0. The lowest BCUT2D eigenvalue weighted by Crippen LogP contribution is -2.11. The lowest BCUT2D eigenvalue weighted by atomic mass is 10.4. The summed E-state index contributed by atoms with van der Waals surface area (Å²) in [5, 5.41) is 15.6. The first-order valence-corrected chi connectivity index (χ1v) is 3.46. The van der Waals surface area contributed by atoms with Gasteiger partial charge in [-0.05, 0) is 12.1 Å². The van der Waals surface area contributed by atoms with Gasteiger partial charge in [0, 0.05) is 6.20 Å². The largest absolute Gasteiger partial charge is 0.696 e. The van der Waals surface area contributed by atoms with Gasteiger partial charge < -0.3 is 5.21 Å². The summed E-state index contributed by atoms with van der Waals surface area (Å²) in [6, 6.07) is 3.60. The van der Waals surface area contributed by atoms with Gasteiger partial charge in [-0.1, -0.05) is 0 Å². The van der Waals surface area contributed by atoms with Gasteiger partial charge in [-0.2, -0.15) is 4.86 Å². The molecule has 1 aromatic rings. The average Bonchev–Trinajstić information content (AvgIpc) is 2.05. The Morgan fingerprint density at radius 1 is 1.67 bits per heavy atom. The Morgan fingerprint density at radius 2 is 2.42 bits per heavy atom. The van der Waals surface area contributed by atoms with Crippen molar-refractivity contribution in [2.24, 2.45) is 5.22 Å². The lowest BCUT2D eigenvalue weighted by Gasteiger charge is -2.05. The highest BCUT2D eigenvalue weighted by Crippen LogP contribution is 2.08. The summed E-state index contributed by atoms with van der Waals surface area (Å²) >= 11 is 0. The van der Waals surface area contributed by atoms with Gasteiger partial charge in [-0.15, -0.1) is 5.01 Å². The van der Waals surface area contributed by atoms with E-state index in [4.69, 9.17) is 0 Å². The molecular weight excluding hydrogens is 156 g/mol.